The number of hydrogen-bond acceptors (Lipinski definition) is 9. The van der Waals surface area contributed by atoms with Crippen molar-refractivity contribution in [3.63, 3.8) is 0 Å². The first-order chi connectivity index (χ1) is 15.5. The zero-order valence-electron chi connectivity index (χ0n) is 18.2. The summed E-state index contributed by atoms with van der Waals surface area (Å²) in [4.78, 5) is 27.0. The van der Waals surface area contributed by atoms with Crippen molar-refractivity contribution >= 4 is 5.97 Å². The Kier molecular flexibility index (Phi) is 6.55. The number of methoxy groups -OCH3 is 2. The van der Waals surface area contributed by atoms with Crippen LogP contribution in [0.1, 0.15) is 48.7 Å². The second kappa shape index (κ2) is 9.52. The van der Waals surface area contributed by atoms with Gasteiger partial charge in [-0.3, -0.25) is 14.5 Å². The smallest absolute Gasteiger partial charge is 0.306 e. The van der Waals surface area contributed by atoms with Gasteiger partial charge in [-0.05, 0) is 43.6 Å². The molecule has 1 fully saturated rings. The fourth-order valence-corrected chi connectivity index (χ4v) is 4.17. The molecule has 9 heteroatoms. The molecule has 2 aliphatic rings. The predicted molar refractivity (Wildman–Crippen MR) is 113 cm³/mol. The lowest BCUT2D eigenvalue weighted by molar-refractivity contribution is -0.140. The van der Waals surface area contributed by atoms with E-state index in [0.29, 0.717) is 35.1 Å². The number of piperidine rings is 1. The van der Waals surface area contributed by atoms with E-state index in [-0.39, 0.29) is 19.0 Å². The summed E-state index contributed by atoms with van der Waals surface area (Å²) in [5.41, 5.74) is 0.00547. The third-order valence-electron chi connectivity index (χ3n) is 5.83. The highest BCUT2D eigenvalue weighted by atomic mass is 16.7. The summed E-state index contributed by atoms with van der Waals surface area (Å²) in [6.07, 6.45) is 3.23. The number of ether oxygens (including phenoxy) is 4. The van der Waals surface area contributed by atoms with Gasteiger partial charge in [0.05, 0.1) is 33.1 Å². The second-order valence-electron chi connectivity index (χ2n) is 7.92. The van der Waals surface area contributed by atoms with Crippen molar-refractivity contribution < 1.29 is 33.3 Å². The number of fused-ring (bicyclic) bond motifs is 1. The Balaban J connectivity index is 1.76. The highest BCUT2D eigenvalue weighted by molar-refractivity contribution is 5.71. The Labute approximate surface area is 185 Å². The van der Waals surface area contributed by atoms with Gasteiger partial charge in [0.1, 0.15) is 5.76 Å². The number of rotatable bonds is 7. The van der Waals surface area contributed by atoms with Gasteiger partial charge in [-0.15, -0.1) is 0 Å². The summed E-state index contributed by atoms with van der Waals surface area (Å²) < 4.78 is 27.2. The molecule has 3 heterocycles. The Hall–Kier alpha value is -3.20. The SMILES string of the molecule is COC(=O)C[C@H](c1cc(OC)c2c(c1)OCO2)c1oc(CN2CCCCC2)cc(=O)c1O. The molecule has 1 atom stereocenters. The minimum atomic E-state index is -0.792. The van der Waals surface area contributed by atoms with Crippen LogP contribution in [0.2, 0.25) is 0 Å². The van der Waals surface area contributed by atoms with Crippen molar-refractivity contribution in [1.29, 1.82) is 0 Å². The van der Waals surface area contributed by atoms with Crippen molar-refractivity contribution in [2.75, 3.05) is 34.1 Å². The minimum absolute atomic E-state index is 0.0100. The van der Waals surface area contributed by atoms with E-state index in [1.807, 2.05) is 0 Å². The van der Waals surface area contributed by atoms with Crippen molar-refractivity contribution in [2.24, 2.45) is 0 Å². The monoisotopic (exact) mass is 445 g/mol. The van der Waals surface area contributed by atoms with Gasteiger partial charge in [0.2, 0.25) is 23.7 Å². The summed E-state index contributed by atoms with van der Waals surface area (Å²) in [6.45, 7) is 2.34. The zero-order valence-corrected chi connectivity index (χ0v) is 18.2. The first-order valence-electron chi connectivity index (χ1n) is 10.6. The van der Waals surface area contributed by atoms with Crippen LogP contribution in [0.4, 0.5) is 0 Å². The molecule has 1 N–H and O–H groups in total. The normalized spacial score (nSPS) is 16.6. The molecule has 32 heavy (non-hydrogen) atoms. The highest BCUT2D eigenvalue weighted by Gasteiger charge is 2.30. The summed E-state index contributed by atoms with van der Waals surface area (Å²) in [5, 5.41) is 10.6. The Morgan fingerprint density at radius 3 is 2.66 bits per heavy atom. The molecule has 0 spiro atoms. The molecular formula is C23H27NO8. The second-order valence-corrected chi connectivity index (χ2v) is 7.92. The Bertz CT molecular complexity index is 1040. The number of esters is 1. The number of hydrogen-bond donors (Lipinski definition) is 1. The molecule has 1 saturated heterocycles. The average Bonchev–Trinajstić information content (AvgIpc) is 3.28. The Morgan fingerprint density at radius 2 is 1.94 bits per heavy atom. The molecule has 1 aromatic heterocycles. The lowest BCUT2D eigenvalue weighted by Crippen LogP contribution is -2.29. The first kappa shape index (κ1) is 22.0. The fourth-order valence-electron chi connectivity index (χ4n) is 4.17. The maximum Gasteiger partial charge on any atom is 0.306 e. The molecule has 0 bridgehead atoms. The number of benzene rings is 1. The molecule has 172 valence electrons. The molecule has 9 nitrogen and oxygen atoms in total. The highest BCUT2D eigenvalue weighted by Crippen LogP contribution is 2.45. The van der Waals surface area contributed by atoms with Gasteiger partial charge in [0, 0.05) is 6.07 Å². The van der Waals surface area contributed by atoms with Crippen LogP contribution in [0.3, 0.4) is 0 Å². The maximum atomic E-state index is 12.6. The van der Waals surface area contributed by atoms with Crippen molar-refractivity contribution in [3.05, 3.63) is 45.5 Å². The van der Waals surface area contributed by atoms with E-state index in [1.54, 1.807) is 12.1 Å². The Morgan fingerprint density at radius 1 is 1.16 bits per heavy atom. The number of aromatic hydroxyl groups is 1. The third kappa shape index (κ3) is 4.52. The van der Waals surface area contributed by atoms with Crippen LogP contribution >= 0.6 is 0 Å². The van der Waals surface area contributed by atoms with Crippen LogP contribution in [-0.2, 0) is 16.1 Å². The van der Waals surface area contributed by atoms with Gasteiger partial charge in [0.15, 0.2) is 17.3 Å². The largest absolute Gasteiger partial charge is 0.502 e. The van der Waals surface area contributed by atoms with E-state index in [9.17, 15) is 14.7 Å². The van der Waals surface area contributed by atoms with Gasteiger partial charge in [-0.2, -0.15) is 0 Å². The zero-order chi connectivity index (χ0) is 22.7. The van der Waals surface area contributed by atoms with Gasteiger partial charge in [0.25, 0.3) is 0 Å². The van der Waals surface area contributed by atoms with Gasteiger partial charge in [-0.25, -0.2) is 0 Å². The van der Waals surface area contributed by atoms with Crippen molar-refractivity contribution in [2.45, 2.75) is 38.1 Å². The van der Waals surface area contributed by atoms with Gasteiger partial charge < -0.3 is 28.5 Å². The summed E-state index contributed by atoms with van der Waals surface area (Å²) in [5.74, 6) is -0.0784. The summed E-state index contributed by atoms with van der Waals surface area (Å²) in [7, 11) is 2.77. The van der Waals surface area contributed by atoms with Crippen LogP contribution in [0.15, 0.2) is 27.4 Å². The number of likely N-dealkylation sites (tertiary alicyclic amines) is 1. The van der Waals surface area contributed by atoms with Crippen molar-refractivity contribution in [1.82, 2.24) is 4.90 Å². The van der Waals surface area contributed by atoms with E-state index in [0.717, 1.165) is 25.9 Å². The van der Waals surface area contributed by atoms with Crippen LogP contribution in [-0.4, -0.2) is 50.1 Å². The van der Waals surface area contributed by atoms with Crippen LogP contribution in [0.25, 0.3) is 0 Å². The van der Waals surface area contributed by atoms with Crippen LogP contribution in [0.5, 0.6) is 23.0 Å². The number of carbonyl (C=O) groups is 1. The quantitative estimate of drug-likeness (QED) is 0.644. The van der Waals surface area contributed by atoms with Crippen LogP contribution in [0, 0.1) is 0 Å². The molecular weight excluding hydrogens is 418 g/mol. The van der Waals surface area contributed by atoms with Crippen LogP contribution < -0.4 is 19.6 Å². The lowest BCUT2D eigenvalue weighted by Gasteiger charge is -2.26. The molecule has 0 amide bonds. The maximum absolute atomic E-state index is 12.6. The van der Waals surface area contributed by atoms with Crippen molar-refractivity contribution in [3.8, 4) is 23.0 Å². The van der Waals surface area contributed by atoms with E-state index in [1.165, 1.54) is 26.7 Å². The van der Waals surface area contributed by atoms with Gasteiger partial charge in [-0.1, -0.05) is 6.42 Å². The standard InChI is InChI=1S/C23H27NO8/c1-28-18-8-14(9-19-23(18)31-13-30-19)16(11-20(26)29-2)22-21(27)17(25)10-15(32-22)12-24-6-4-3-5-7-24/h8-10,16,27H,3-7,11-13H2,1-2H3/t16-/m1/s1. The van der Waals surface area contributed by atoms with E-state index >= 15 is 0 Å². The minimum Gasteiger partial charge on any atom is -0.502 e. The molecule has 0 aliphatic carbocycles. The van der Waals surface area contributed by atoms with E-state index in [2.05, 4.69) is 4.90 Å². The lowest BCUT2D eigenvalue weighted by atomic mass is 9.91. The molecule has 2 aromatic rings. The molecule has 1 aromatic carbocycles. The van der Waals surface area contributed by atoms with E-state index < -0.39 is 23.1 Å². The molecule has 0 radical (unpaired) electrons. The van der Waals surface area contributed by atoms with E-state index in [4.69, 9.17) is 23.4 Å². The summed E-state index contributed by atoms with van der Waals surface area (Å²) >= 11 is 0. The molecule has 0 saturated carbocycles. The summed E-state index contributed by atoms with van der Waals surface area (Å²) in [6, 6.07) is 4.68. The topological polar surface area (TPSA) is 108 Å². The molecule has 2 aliphatic heterocycles. The third-order valence-corrected chi connectivity index (χ3v) is 5.83. The predicted octanol–water partition coefficient (Wildman–Crippen LogP) is 2.76. The number of nitrogens with zero attached hydrogens (tertiary/aromatic N) is 1. The molecule has 0 unspecified atom stereocenters. The number of carbonyl (C=O) groups excluding carboxylic acids is 1. The first-order valence-corrected chi connectivity index (χ1v) is 10.6. The molecule has 4 rings (SSSR count). The fraction of sp³-hybridized carbons (Fsp3) is 0.478. The van der Waals surface area contributed by atoms with Gasteiger partial charge >= 0.3 is 5.97 Å². The average molecular weight is 445 g/mol.